The molecule has 24 heavy (non-hydrogen) atoms. The molecule has 0 aliphatic rings. The maximum atomic E-state index is 6.14. The number of methoxy groups -OCH3 is 1. The zero-order chi connectivity index (χ0) is 17.5. The average Bonchev–Trinajstić information content (AvgIpc) is 2.59. The van der Waals surface area contributed by atoms with Crippen molar-refractivity contribution < 1.29 is 4.74 Å². The van der Waals surface area contributed by atoms with Crippen molar-refractivity contribution in [2.75, 3.05) is 7.11 Å². The van der Waals surface area contributed by atoms with Gasteiger partial charge in [-0.15, -0.1) is 0 Å². The van der Waals surface area contributed by atoms with Crippen LogP contribution in [0.2, 0.25) is 0 Å². The van der Waals surface area contributed by atoms with Crippen LogP contribution in [0.15, 0.2) is 63.0 Å². The second kappa shape index (κ2) is 9.12. The number of hydrogen-bond donors (Lipinski definition) is 0. The third kappa shape index (κ3) is 5.55. The molecule has 0 spiro atoms. The first-order chi connectivity index (χ1) is 11.5. The highest BCUT2D eigenvalue weighted by molar-refractivity contribution is 6.59. The molecule has 0 fully saturated rings. The van der Waals surface area contributed by atoms with Crippen LogP contribution < -0.4 is 4.74 Å². The fraction of sp³-hybridized carbons (Fsp3) is 0.211. The van der Waals surface area contributed by atoms with Crippen LogP contribution in [0.3, 0.4) is 0 Å². The van der Waals surface area contributed by atoms with Gasteiger partial charge in [-0.25, -0.2) is 0 Å². The molecule has 0 aliphatic carbocycles. The van der Waals surface area contributed by atoms with E-state index in [2.05, 4.69) is 4.99 Å². The molecule has 5 heteroatoms. The second-order valence-electron chi connectivity index (χ2n) is 5.35. The lowest BCUT2D eigenvalue weighted by atomic mass is 10.0. The molecule has 0 bridgehead atoms. The van der Waals surface area contributed by atoms with E-state index in [4.69, 9.17) is 39.5 Å². The molecular formula is C19H18Cl3NO. The Balaban J connectivity index is 2.25. The van der Waals surface area contributed by atoms with E-state index in [9.17, 15) is 0 Å². The van der Waals surface area contributed by atoms with Gasteiger partial charge in [0.2, 0.25) is 0 Å². The molecule has 0 radical (unpaired) electrons. The van der Waals surface area contributed by atoms with Crippen molar-refractivity contribution in [3.05, 3.63) is 74.7 Å². The van der Waals surface area contributed by atoms with Crippen LogP contribution in [0.5, 0.6) is 5.75 Å². The fourth-order valence-electron chi connectivity index (χ4n) is 2.16. The highest BCUT2D eigenvalue weighted by Gasteiger charge is 2.13. The lowest BCUT2D eigenvalue weighted by Crippen LogP contribution is -1.98. The number of aliphatic imine (C=N–C) groups is 1. The standard InChI is InChI=1S/C19H18Cl3NO/c1-13-3-7-15(8-4-13)18(11-17(20)19(21)22)23-12-14-5-9-16(24-2)10-6-14/h3-10,12,18H,11H2,1-2H3. The molecule has 0 saturated carbocycles. The molecule has 2 aromatic rings. The second-order valence-corrected chi connectivity index (χ2v) is 6.75. The third-order valence-corrected chi connectivity index (χ3v) is 4.55. The Kier molecular flexibility index (Phi) is 7.16. The summed E-state index contributed by atoms with van der Waals surface area (Å²) < 4.78 is 5.23. The number of aryl methyl sites for hydroxylation is 1. The minimum Gasteiger partial charge on any atom is -0.497 e. The predicted octanol–water partition coefficient (Wildman–Crippen LogP) is 6.44. The fourth-order valence-corrected chi connectivity index (χ4v) is 2.46. The Labute approximate surface area is 157 Å². The molecule has 0 saturated heterocycles. The number of hydrogen-bond acceptors (Lipinski definition) is 2. The number of halogens is 3. The van der Waals surface area contributed by atoms with E-state index in [0.717, 1.165) is 16.9 Å². The topological polar surface area (TPSA) is 21.6 Å². The van der Waals surface area contributed by atoms with E-state index in [-0.39, 0.29) is 10.5 Å². The van der Waals surface area contributed by atoms with Crippen molar-refractivity contribution in [1.29, 1.82) is 0 Å². The molecule has 0 amide bonds. The van der Waals surface area contributed by atoms with Gasteiger partial charge in [0, 0.05) is 12.6 Å². The molecule has 126 valence electrons. The van der Waals surface area contributed by atoms with Gasteiger partial charge in [-0.3, -0.25) is 4.99 Å². The van der Waals surface area contributed by atoms with Crippen molar-refractivity contribution >= 4 is 41.0 Å². The summed E-state index contributed by atoms with van der Waals surface area (Å²) in [6.45, 7) is 2.04. The van der Waals surface area contributed by atoms with Crippen LogP contribution in [0.1, 0.15) is 29.2 Å². The highest BCUT2D eigenvalue weighted by atomic mass is 35.5. The SMILES string of the molecule is COc1ccc(C=NC(CC(Cl)=C(Cl)Cl)c2ccc(C)cc2)cc1. The normalized spacial score (nSPS) is 12.2. The zero-order valence-electron chi connectivity index (χ0n) is 13.5. The number of ether oxygens (including phenoxy) is 1. The van der Waals surface area contributed by atoms with Crippen LogP contribution in [-0.4, -0.2) is 13.3 Å². The minimum atomic E-state index is -0.160. The van der Waals surface area contributed by atoms with Gasteiger partial charge < -0.3 is 4.74 Å². The van der Waals surface area contributed by atoms with E-state index in [1.807, 2.05) is 61.7 Å². The molecule has 2 aromatic carbocycles. The van der Waals surface area contributed by atoms with E-state index in [1.54, 1.807) is 7.11 Å². The van der Waals surface area contributed by atoms with Gasteiger partial charge in [-0.1, -0.05) is 64.6 Å². The predicted molar refractivity (Wildman–Crippen MR) is 104 cm³/mol. The van der Waals surface area contributed by atoms with E-state index >= 15 is 0 Å². The lowest BCUT2D eigenvalue weighted by Gasteiger charge is -2.13. The summed E-state index contributed by atoms with van der Waals surface area (Å²) in [5.41, 5.74) is 3.22. The molecule has 1 unspecified atom stereocenters. The molecule has 2 rings (SSSR count). The maximum absolute atomic E-state index is 6.14. The number of benzene rings is 2. The van der Waals surface area contributed by atoms with Crippen LogP contribution in [0.4, 0.5) is 0 Å². The summed E-state index contributed by atoms with van der Waals surface area (Å²) >= 11 is 17.7. The van der Waals surface area contributed by atoms with Crippen molar-refractivity contribution in [2.45, 2.75) is 19.4 Å². The third-order valence-electron chi connectivity index (χ3n) is 3.56. The van der Waals surface area contributed by atoms with Gasteiger partial charge >= 0.3 is 0 Å². The lowest BCUT2D eigenvalue weighted by molar-refractivity contribution is 0.415. The molecule has 0 heterocycles. The Morgan fingerprint density at radius 2 is 1.67 bits per heavy atom. The summed E-state index contributed by atoms with van der Waals surface area (Å²) in [6, 6.07) is 15.7. The summed E-state index contributed by atoms with van der Waals surface area (Å²) in [5, 5.41) is 0.399. The summed E-state index contributed by atoms with van der Waals surface area (Å²) in [4.78, 5) is 4.67. The maximum Gasteiger partial charge on any atom is 0.121 e. The number of rotatable bonds is 6. The van der Waals surface area contributed by atoms with Crippen molar-refractivity contribution in [2.24, 2.45) is 4.99 Å². The average molecular weight is 383 g/mol. The Morgan fingerprint density at radius 1 is 1.04 bits per heavy atom. The van der Waals surface area contributed by atoms with Gasteiger partial charge in [0.1, 0.15) is 10.2 Å². The highest BCUT2D eigenvalue weighted by Crippen LogP contribution is 2.31. The number of nitrogens with zero attached hydrogens (tertiary/aromatic N) is 1. The van der Waals surface area contributed by atoms with Crippen LogP contribution in [0.25, 0.3) is 0 Å². The van der Waals surface area contributed by atoms with Gasteiger partial charge in [-0.2, -0.15) is 0 Å². The van der Waals surface area contributed by atoms with Gasteiger partial charge in [0.25, 0.3) is 0 Å². The van der Waals surface area contributed by atoms with Gasteiger partial charge in [0.15, 0.2) is 0 Å². The van der Waals surface area contributed by atoms with Gasteiger partial charge in [-0.05, 0) is 42.3 Å². The van der Waals surface area contributed by atoms with Crippen LogP contribution >= 0.6 is 34.8 Å². The Hall–Kier alpha value is -1.48. The van der Waals surface area contributed by atoms with Crippen molar-refractivity contribution in [1.82, 2.24) is 0 Å². The zero-order valence-corrected chi connectivity index (χ0v) is 15.7. The molecule has 0 N–H and O–H groups in total. The van der Waals surface area contributed by atoms with E-state index in [1.165, 1.54) is 5.56 Å². The summed E-state index contributed by atoms with van der Waals surface area (Å²) in [7, 11) is 1.64. The van der Waals surface area contributed by atoms with Crippen molar-refractivity contribution in [3.63, 3.8) is 0 Å². The first kappa shape index (κ1) is 18.9. The molecule has 1 atom stereocenters. The Bertz CT molecular complexity index is 717. The quantitative estimate of drug-likeness (QED) is 0.527. The minimum absolute atomic E-state index is 0.0772. The van der Waals surface area contributed by atoms with Gasteiger partial charge in [0.05, 0.1) is 18.2 Å². The summed E-state index contributed by atoms with van der Waals surface area (Å²) in [5.74, 6) is 0.808. The smallest absolute Gasteiger partial charge is 0.121 e. The molecule has 2 nitrogen and oxygen atoms in total. The summed E-state index contributed by atoms with van der Waals surface area (Å²) in [6.07, 6.45) is 2.26. The molecular weight excluding hydrogens is 365 g/mol. The Morgan fingerprint density at radius 3 is 2.21 bits per heavy atom. The molecule has 0 aromatic heterocycles. The van der Waals surface area contributed by atoms with Crippen LogP contribution in [0, 0.1) is 6.92 Å². The van der Waals surface area contributed by atoms with E-state index < -0.39 is 0 Å². The molecule has 0 aliphatic heterocycles. The van der Waals surface area contributed by atoms with Crippen LogP contribution in [-0.2, 0) is 0 Å². The first-order valence-electron chi connectivity index (χ1n) is 7.43. The monoisotopic (exact) mass is 381 g/mol. The van der Waals surface area contributed by atoms with E-state index in [0.29, 0.717) is 11.5 Å². The largest absolute Gasteiger partial charge is 0.497 e. The first-order valence-corrected chi connectivity index (χ1v) is 8.56. The van der Waals surface area contributed by atoms with Crippen molar-refractivity contribution in [3.8, 4) is 5.75 Å².